The number of thiophene rings is 5. The second kappa shape index (κ2) is 26.4. The molecule has 117 heavy (non-hydrogen) atoms. The number of fused-ring (bicyclic) bond motifs is 29. The minimum atomic E-state index is 0.925. The van der Waals surface area contributed by atoms with Crippen molar-refractivity contribution in [1.82, 2.24) is 13.7 Å². The van der Waals surface area contributed by atoms with Gasteiger partial charge in [-0.3, -0.25) is 0 Å². The molecule has 27 aromatic rings. The molecule has 27 rings (SSSR count). The fraction of sp³-hybridized carbons (Fsp3) is 0. The van der Waals surface area contributed by atoms with Crippen LogP contribution in [-0.2, 0) is 0 Å². The van der Waals surface area contributed by atoms with Crippen molar-refractivity contribution in [2.75, 3.05) is 0 Å². The van der Waals surface area contributed by atoms with Gasteiger partial charge >= 0.3 is 0 Å². The number of hydrogen-bond acceptors (Lipinski definition) is 6. The molecule has 0 aliphatic rings. The minimum Gasteiger partial charge on any atom is -0.456 e. The van der Waals surface area contributed by atoms with Crippen molar-refractivity contribution in [2.24, 2.45) is 0 Å². The lowest BCUT2D eigenvalue weighted by Gasteiger charge is -2.10. The van der Waals surface area contributed by atoms with Crippen LogP contribution in [0.3, 0.4) is 0 Å². The molecular formula is C108H63N3OS5. The molecular weight excluding hydrogens is 1520 g/mol. The number of hydrogen-bond donors (Lipinski definition) is 0. The van der Waals surface area contributed by atoms with Crippen molar-refractivity contribution >= 4 is 245 Å². The first-order valence-electron chi connectivity index (χ1n) is 39.6. The number of nitrogens with zero attached hydrogens (tertiary/aromatic N) is 3. The van der Waals surface area contributed by atoms with Crippen LogP contribution in [0.5, 0.6) is 0 Å². The molecule has 0 atom stereocenters. The van der Waals surface area contributed by atoms with Gasteiger partial charge in [0.05, 0.1) is 33.1 Å². The topological polar surface area (TPSA) is 27.9 Å². The molecule has 0 unspecified atom stereocenters. The summed E-state index contributed by atoms with van der Waals surface area (Å²) in [5.74, 6) is 0. The summed E-state index contributed by atoms with van der Waals surface area (Å²) in [6.07, 6.45) is 0. The molecule has 546 valence electrons. The predicted octanol–water partition coefficient (Wildman–Crippen LogP) is 33.1. The van der Waals surface area contributed by atoms with Crippen molar-refractivity contribution < 1.29 is 4.42 Å². The monoisotopic (exact) mass is 1580 g/mol. The number of aromatic nitrogens is 3. The van der Waals surface area contributed by atoms with E-state index in [4.69, 9.17) is 4.42 Å². The maximum Gasteiger partial charge on any atom is 0.135 e. The van der Waals surface area contributed by atoms with Gasteiger partial charge in [0, 0.05) is 161 Å². The zero-order chi connectivity index (χ0) is 76.5. The maximum absolute atomic E-state index is 6.04. The number of para-hydroxylation sites is 4. The van der Waals surface area contributed by atoms with Crippen LogP contribution in [0, 0.1) is 0 Å². The van der Waals surface area contributed by atoms with Gasteiger partial charge in [0.25, 0.3) is 0 Å². The first-order chi connectivity index (χ1) is 58.0. The third-order valence-electron chi connectivity index (χ3n) is 24.0. The summed E-state index contributed by atoms with van der Waals surface area (Å²) in [5.41, 5.74) is 20.3. The second-order valence-corrected chi connectivity index (χ2v) is 35.8. The Balaban J connectivity index is 0.0000000980. The molecule has 0 bridgehead atoms. The van der Waals surface area contributed by atoms with Crippen LogP contribution >= 0.6 is 56.7 Å². The van der Waals surface area contributed by atoms with Gasteiger partial charge in [0.15, 0.2) is 0 Å². The van der Waals surface area contributed by atoms with Gasteiger partial charge in [-0.2, -0.15) is 0 Å². The smallest absolute Gasteiger partial charge is 0.135 e. The molecule has 18 aromatic carbocycles. The normalized spacial score (nSPS) is 12.1. The van der Waals surface area contributed by atoms with Crippen LogP contribution in [0.15, 0.2) is 387 Å². The number of benzene rings is 18. The second-order valence-electron chi connectivity index (χ2n) is 30.4. The molecule has 0 N–H and O–H groups in total. The van der Waals surface area contributed by atoms with Gasteiger partial charge in [0.1, 0.15) is 11.2 Å². The van der Waals surface area contributed by atoms with Crippen LogP contribution in [0.25, 0.3) is 239 Å². The molecule has 0 aliphatic carbocycles. The molecule has 9 aromatic heterocycles. The Morgan fingerprint density at radius 2 is 0.564 bits per heavy atom. The van der Waals surface area contributed by atoms with Gasteiger partial charge < -0.3 is 18.1 Å². The van der Waals surface area contributed by atoms with Crippen LogP contribution in [-0.4, -0.2) is 13.7 Å². The lowest BCUT2D eigenvalue weighted by atomic mass is 10.0. The number of rotatable bonds is 6. The van der Waals surface area contributed by atoms with Gasteiger partial charge in [0.2, 0.25) is 0 Å². The van der Waals surface area contributed by atoms with Crippen molar-refractivity contribution in [1.29, 1.82) is 0 Å². The van der Waals surface area contributed by atoms with E-state index in [1.54, 1.807) is 0 Å². The van der Waals surface area contributed by atoms with Crippen LogP contribution < -0.4 is 0 Å². The third kappa shape index (κ3) is 10.5. The van der Waals surface area contributed by atoms with Crippen LogP contribution in [0.1, 0.15) is 0 Å². The highest BCUT2D eigenvalue weighted by Crippen LogP contribution is 2.49. The Kier molecular flexibility index (Phi) is 15.0. The van der Waals surface area contributed by atoms with Crippen molar-refractivity contribution in [3.8, 4) is 50.4 Å². The summed E-state index contributed by atoms with van der Waals surface area (Å²) < 4.78 is 26.8. The van der Waals surface area contributed by atoms with Crippen LogP contribution in [0.4, 0.5) is 0 Å². The molecule has 0 saturated carbocycles. The van der Waals surface area contributed by atoms with E-state index in [2.05, 4.69) is 384 Å². The first kappa shape index (κ1) is 66.7. The highest BCUT2D eigenvalue weighted by Gasteiger charge is 2.23. The van der Waals surface area contributed by atoms with Crippen molar-refractivity contribution in [3.63, 3.8) is 0 Å². The molecule has 9 heteroatoms. The Morgan fingerprint density at radius 3 is 1.20 bits per heavy atom. The average molecular weight is 1580 g/mol. The Hall–Kier alpha value is -13.7. The van der Waals surface area contributed by atoms with Gasteiger partial charge in [-0.25, -0.2) is 0 Å². The van der Waals surface area contributed by atoms with E-state index in [0.717, 1.165) is 21.9 Å². The lowest BCUT2D eigenvalue weighted by Crippen LogP contribution is -1.93. The van der Waals surface area contributed by atoms with Crippen molar-refractivity contribution in [3.05, 3.63) is 382 Å². The molecule has 0 aliphatic heterocycles. The maximum atomic E-state index is 6.04. The Labute approximate surface area is 689 Å². The fourth-order valence-corrected chi connectivity index (χ4v) is 24.5. The quantitative estimate of drug-likeness (QED) is 0.163. The lowest BCUT2D eigenvalue weighted by molar-refractivity contribution is 0.669. The zero-order valence-electron chi connectivity index (χ0n) is 62.7. The molecule has 0 radical (unpaired) electrons. The van der Waals surface area contributed by atoms with Crippen LogP contribution in [0.2, 0.25) is 0 Å². The van der Waals surface area contributed by atoms with Gasteiger partial charge in [-0.1, -0.05) is 237 Å². The summed E-state index contributed by atoms with van der Waals surface area (Å²) in [5, 5.41) is 23.6. The van der Waals surface area contributed by atoms with E-state index in [1.165, 1.54) is 217 Å². The van der Waals surface area contributed by atoms with E-state index in [-0.39, 0.29) is 0 Å². The highest BCUT2D eigenvalue weighted by molar-refractivity contribution is 7.28. The van der Waals surface area contributed by atoms with Crippen molar-refractivity contribution in [2.45, 2.75) is 0 Å². The molecule has 4 nitrogen and oxygen atoms in total. The number of furan rings is 1. The fourth-order valence-electron chi connectivity index (χ4n) is 18.7. The van der Waals surface area contributed by atoms with Gasteiger partial charge in [-0.05, 0) is 179 Å². The summed E-state index contributed by atoms with van der Waals surface area (Å²) in [6.45, 7) is 0. The zero-order valence-corrected chi connectivity index (χ0v) is 66.7. The molecule has 0 amide bonds. The van der Waals surface area contributed by atoms with E-state index >= 15 is 0 Å². The standard InChI is InChI=1S/C36H21NOS.2C36H21NS2/c1-4-10-30-28(9-1)35-31(19-18-27-26-8-3-6-12-34(26)39-36(27)35)37(30)24-16-13-22(14-17-24)23-15-20-33-29(21-23)25-7-2-5-11-32(25)38-33;1-4-13-29-27(9-1)34-30(20-21-33-35(34)28-10-3-6-15-32(28)38-33)37(29)23-18-16-22(17-19-23)24-11-7-12-26-25-8-2-5-14-31(25)39-36(24)26;1-4-10-31-25(7-1)28-20-30-27-9-3-6-12-34(27)39-36(30)21-32(28)37(31)24-16-13-22(14-17-24)23-15-18-35-29(19-23)26-8-2-5-11-33(26)38-35/h3*1-21H. The van der Waals surface area contributed by atoms with E-state index in [9.17, 15) is 0 Å². The summed E-state index contributed by atoms with van der Waals surface area (Å²) in [7, 11) is 0. The molecule has 9 heterocycles. The highest BCUT2D eigenvalue weighted by atomic mass is 32.1. The van der Waals surface area contributed by atoms with E-state index in [1.807, 2.05) is 68.8 Å². The third-order valence-corrected chi connectivity index (χ3v) is 29.9. The minimum absolute atomic E-state index is 0.925. The average Bonchev–Trinajstić information content (AvgIpc) is 1.57. The summed E-state index contributed by atoms with van der Waals surface area (Å²) in [6, 6.07) is 140. The first-order valence-corrected chi connectivity index (χ1v) is 43.7. The van der Waals surface area contributed by atoms with E-state index in [0.29, 0.717) is 0 Å². The summed E-state index contributed by atoms with van der Waals surface area (Å²) >= 11 is 9.41. The Bertz CT molecular complexity index is 8600. The predicted molar refractivity (Wildman–Crippen MR) is 510 cm³/mol. The molecule has 0 fully saturated rings. The summed E-state index contributed by atoms with van der Waals surface area (Å²) in [4.78, 5) is 0. The SMILES string of the molecule is c1ccc2c(c1)oc1ccc(-c3ccc(-n4c5ccccc5c5c6sc7ccccc7c6ccc54)cc3)cc12.c1ccc2c(c1)sc1c(-c3ccc(-n4c5ccccc5c5c6c(ccc54)sc4ccccc46)cc3)cccc12.c1ccc2c(c1)sc1ccc(-c3ccc(-n4c5ccccc5c5cc6c(cc54)sc4ccccc46)cc3)cc12. The largest absolute Gasteiger partial charge is 0.456 e. The Morgan fingerprint density at radius 1 is 0.171 bits per heavy atom. The van der Waals surface area contributed by atoms with Gasteiger partial charge in [-0.15, -0.1) is 56.7 Å². The molecule has 0 saturated heterocycles. The van der Waals surface area contributed by atoms with E-state index < -0.39 is 0 Å². The molecule has 0 spiro atoms.